The summed E-state index contributed by atoms with van der Waals surface area (Å²) in [5, 5.41) is 0. The smallest absolute Gasteiger partial charge is 0.126 e. The van der Waals surface area contributed by atoms with Crippen LogP contribution < -0.4 is 4.74 Å². The molecule has 0 saturated carbocycles. The average Bonchev–Trinajstić information content (AvgIpc) is 3.05. The number of benzene rings is 2. The Kier molecular flexibility index (Phi) is 4.04. The molecular weight excluding hydrogens is 291 g/mol. The van der Waals surface area contributed by atoms with Crippen LogP contribution in [0.15, 0.2) is 36.4 Å². The molecule has 120 valence electrons. The molecule has 0 radical (unpaired) electrons. The Balaban J connectivity index is 1.66. The summed E-state index contributed by atoms with van der Waals surface area (Å²) in [4.78, 5) is 0. The highest BCUT2D eigenvalue weighted by atomic mass is 19.1. The molecule has 2 aromatic carbocycles. The highest BCUT2D eigenvalue weighted by Gasteiger charge is 2.25. The van der Waals surface area contributed by atoms with E-state index in [1.165, 1.54) is 28.8 Å². The zero-order valence-corrected chi connectivity index (χ0v) is 13.2. The van der Waals surface area contributed by atoms with Crippen molar-refractivity contribution in [2.24, 2.45) is 0 Å². The van der Waals surface area contributed by atoms with Crippen molar-refractivity contribution >= 4 is 0 Å². The van der Waals surface area contributed by atoms with Crippen LogP contribution in [0.4, 0.5) is 4.39 Å². The first kappa shape index (κ1) is 14.7. The van der Waals surface area contributed by atoms with Crippen molar-refractivity contribution < 1.29 is 13.9 Å². The standard InChI is InChI=1S/C20H21FO2/c21-18-3-1-14(2-4-18)11-15-12-17-7-10-23-20(17)19(13-15)16-5-8-22-9-6-16/h1-4,12-13,16H,5-11H2. The van der Waals surface area contributed by atoms with Crippen molar-refractivity contribution in [3.8, 4) is 5.75 Å². The third-order valence-electron chi connectivity index (χ3n) is 4.85. The second-order valence-corrected chi connectivity index (χ2v) is 6.46. The van der Waals surface area contributed by atoms with Crippen LogP contribution in [-0.2, 0) is 17.6 Å². The van der Waals surface area contributed by atoms with Crippen LogP contribution in [0.2, 0.25) is 0 Å². The van der Waals surface area contributed by atoms with Crippen molar-refractivity contribution in [1.29, 1.82) is 0 Å². The monoisotopic (exact) mass is 312 g/mol. The van der Waals surface area contributed by atoms with Gasteiger partial charge in [-0.1, -0.05) is 24.3 Å². The summed E-state index contributed by atoms with van der Waals surface area (Å²) in [5.74, 6) is 1.46. The van der Waals surface area contributed by atoms with Crippen LogP contribution in [0.3, 0.4) is 0 Å². The summed E-state index contributed by atoms with van der Waals surface area (Å²) in [6, 6.07) is 11.4. The maximum atomic E-state index is 13.1. The molecule has 0 atom stereocenters. The number of fused-ring (bicyclic) bond motifs is 1. The average molecular weight is 312 g/mol. The van der Waals surface area contributed by atoms with Gasteiger partial charge in [-0.25, -0.2) is 4.39 Å². The molecule has 23 heavy (non-hydrogen) atoms. The van der Waals surface area contributed by atoms with Gasteiger partial charge in [0, 0.05) is 19.6 Å². The summed E-state index contributed by atoms with van der Waals surface area (Å²) in [5.41, 5.74) is 5.11. The topological polar surface area (TPSA) is 18.5 Å². The predicted molar refractivity (Wildman–Crippen MR) is 87.6 cm³/mol. The highest BCUT2D eigenvalue weighted by molar-refractivity contribution is 5.49. The van der Waals surface area contributed by atoms with Crippen molar-refractivity contribution in [3.05, 3.63) is 64.5 Å². The van der Waals surface area contributed by atoms with E-state index in [4.69, 9.17) is 9.47 Å². The minimum absolute atomic E-state index is 0.181. The molecule has 0 N–H and O–H groups in total. The van der Waals surface area contributed by atoms with E-state index in [1.807, 2.05) is 12.1 Å². The molecule has 2 aliphatic rings. The van der Waals surface area contributed by atoms with Gasteiger partial charge in [0.2, 0.25) is 0 Å². The third kappa shape index (κ3) is 3.11. The van der Waals surface area contributed by atoms with Crippen molar-refractivity contribution in [2.75, 3.05) is 19.8 Å². The van der Waals surface area contributed by atoms with Crippen molar-refractivity contribution in [3.63, 3.8) is 0 Å². The fraction of sp³-hybridized carbons (Fsp3) is 0.400. The summed E-state index contributed by atoms with van der Waals surface area (Å²) >= 11 is 0. The van der Waals surface area contributed by atoms with E-state index in [0.717, 1.165) is 56.8 Å². The largest absolute Gasteiger partial charge is 0.493 e. The summed E-state index contributed by atoms with van der Waals surface area (Å²) in [7, 11) is 0. The zero-order chi connectivity index (χ0) is 15.6. The van der Waals surface area contributed by atoms with Crippen LogP contribution in [0.5, 0.6) is 5.75 Å². The lowest BCUT2D eigenvalue weighted by Crippen LogP contribution is -2.15. The number of halogens is 1. The van der Waals surface area contributed by atoms with Gasteiger partial charge < -0.3 is 9.47 Å². The van der Waals surface area contributed by atoms with Gasteiger partial charge in [0.1, 0.15) is 11.6 Å². The minimum Gasteiger partial charge on any atom is -0.493 e. The van der Waals surface area contributed by atoms with Gasteiger partial charge in [-0.3, -0.25) is 0 Å². The fourth-order valence-electron chi connectivity index (χ4n) is 3.66. The van der Waals surface area contributed by atoms with Gasteiger partial charge in [-0.15, -0.1) is 0 Å². The molecule has 0 aromatic heterocycles. The maximum Gasteiger partial charge on any atom is 0.126 e. The summed E-state index contributed by atoms with van der Waals surface area (Å²) in [6.07, 6.45) is 3.96. The molecule has 4 rings (SSSR count). The van der Waals surface area contributed by atoms with Crippen molar-refractivity contribution in [1.82, 2.24) is 0 Å². The van der Waals surface area contributed by atoms with E-state index in [0.29, 0.717) is 5.92 Å². The summed E-state index contributed by atoms with van der Waals surface area (Å²) in [6.45, 7) is 2.45. The number of ether oxygens (including phenoxy) is 2. The van der Waals surface area contributed by atoms with Crippen LogP contribution >= 0.6 is 0 Å². The van der Waals surface area contributed by atoms with E-state index in [2.05, 4.69) is 12.1 Å². The molecule has 0 unspecified atom stereocenters. The normalized spacial score (nSPS) is 17.8. The van der Waals surface area contributed by atoms with Crippen LogP contribution in [-0.4, -0.2) is 19.8 Å². The molecule has 0 bridgehead atoms. The molecule has 0 spiro atoms. The molecule has 0 amide bonds. The molecule has 2 aliphatic heterocycles. The Morgan fingerprint density at radius 1 is 0.957 bits per heavy atom. The Bertz CT molecular complexity index is 688. The van der Waals surface area contributed by atoms with Gasteiger partial charge in [-0.05, 0) is 59.6 Å². The number of hydrogen-bond donors (Lipinski definition) is 0. The fourth-order valence-corrected chi connectivity index (χ4v) is 3.66. The Morgan fingerprint density at radius 3 is 2.52 bits per heavy atom. The first-order valence-corrected chi connectivity index (χ1v) is 8.40. The Morgan fingerprint density at radius 2 is 1.74 bits per heavy atom. The van der Waals surface area contributed by atoms with Gasteiger partial charge in [0.25, 0.3) is 0 Å². The molecule has 0 aliphatic carbocycles. The maximum absolute atomic E-state index is 13.1. The van der Waals surface area contributed by atoms with E-state index in [-0.39, 0.29) is 5.82 Å². The first-order chi connectivity index (χ1) is 11.3. The molecular formula is C20H21FO2. The van der Waals surface area contributed by atoms with Gasteiger partial charge in [0.05, 0.1) is 6.61 Å². The van der Waals surface area contributed by atoms with Gasteiger partial charge in [0.15, 0.2) is 0 Å². The third-order valence-corrected chi connectivity index (χ3v) is 4.85. The number of rotatable bonds is 3. The van der Waals surface area contributed by atoms with Gasteiger partial charge >= 0.3 is 0 Å². The molecule has 1 saturated heterocycles. The molecule has 2 nitrogen and oxygen atoms in total. The lowest BCUT2D eigenvalue weighted by Gasteiger charge is -2.24. The van der Waals surface area contributed by atoms with Crippen LogP contribution in [0, 0.1) is 5.82 Å². The van der Waals surface area contributed by atoms with E-state index < -0.39 is 0 Å². The quantitative estimate of drug-likeness (QED) is 0.844. The Labute approximate surface area is 136 Å². The molecule has 3 heteroatoms. The molecule has 1 fully saturated rings. The zero-order valence-electron chi connectivity index (χ0n) is 13.2. The minimum atomic E-state index is -0.181. The first-order valence-electron chi connectivity index (χ1n) is 8.40. The van der Waals surface area contributed by atoms with E-state index in [1.54, 1.807) is 0 Å². The lowest BCUT2D eigenvalue weighted by molar-refractivity contribution is 0.0847. The molecule has 2 aromatic rings. The van der Waals surface area contributed by atoms with E-state index in [9.17, 15) is 4.39 Å². The van der Waals surface area contributed by atoms with E-state index >= 15 is 0 Å². The predicted octanol–water partition coefficient (Wildman–Crippen LogP) is 4.25. The SMILES string of the molecule is Fc1ccc(Cc2cc3c(c(C4CCOCC4)c2)OCC3)cc1. The van der Waals surface area contributed by atoms with Crippen molar-refractivity contribution in [2.45, 2.75) is 31.6 Å². The lowest BCUT2D eigenvalue weighted by atomic mass is 9.87. The number of hydrogen-bond acceptors (Lipinski definition) is 2. The highest BCUT2D eigenvalue weighted by Crippen LogP contribution is 2.39. The molecule has 2 heterocycles. The van der Waals surface area contributed by atoms with Crippen LogP contribution in [0.25, 0.3) is 0 Å². The second-order valence-electron chi connectivity index (χ2n) is 6.46. The second kappa shape index (κ2) is 6.32. The van der Waals surface area contributed by atoms with Crippen LogP contribution in [0.1, 0.15) is 41.0 Å². The Hall–Kier alpha value is -1.87. The van der Waals surface area contributed by atoms with Gasteiger partial charge in [-0.2, -0.15) is 0 Å². The summed E-state index contributed by atoms with van der Waals surface area (Å²) < 4.78 is 24.5.